The monoisotopic (exact) mass is 381 g/mol. The van der Waals surface area contributed by atoms with Crippen LogP contribution in [0.1, 0.15) is 43.9 Å². The van der Waals surface area contributed by atoms with Crippen molar-refractivity contribution in [3.63, 3.8) is 0 Å². The Morgan fingerprint density at radius 1 is 1.21 bits per heavy atom. The molecule has 2 amide bonds. The third-order valence-corrected chi connectivity index (χ3v) is 5.27. The predicted octanol–water partition coefficient (Wildman–Crippen LogP) is 3.65. The number of carboxylic acids is 1. The fourth-order valence-electron chi connectivity index (χ4n) is 3.97. The van der Waals surface area contributed by atoms with Gasteiger partial charge in [0.15, 0.2) is 0 Å². The molecule has 1 aliphatic heterocycles. The minimum Gasteiger partial charge on any atom is -0.481 e. The van der Waals surface area contributed by atoms with Crippen molar-refractivity contribution < 1.29 is 14.7 Å². The first-order chi connectivity index (χ1) is 13.4. The van der Waals surface area contributed by atoms with E-state index in [0.717, 1.165) is 11.1 Å². The molecule has 1 fully saturated rings. The fourth-order valence-corrected chi connectivity index (χ4v) is 3.97. The summed E-state index contributed by atoms with van der Waals surface area (Å²) < 4.78 is 0. The van der Waals surface area contributed by atoms with Crippen LogP contribution in [-0.4, -0.2) is 39.6 Å². The van der Waals surface area contributed by atoms with Gasteiger partial charge in [0.2, 0.25) is 0 Å². The number of pyridine rings is 1. The van der Waals surface area contributed by atoms with Crippen molar-refractivity contribution in [2.45, 2.75) is 45.2 Å². The van der Waals surface area contributed by atoms with Crippen molar-refractivity contribution in [1.82, 2.24) is 15.2 Å². The van der Waals surface area contributed by atoms with Crippen molar-refractivity contribution in [2.75, 3.05) is 6.54 Å². The second-order valence-electron chi connectivity index (χ2n) is 8.07. The number of carbonyl (C=O) groups excluding carboxylic acids is 1. The molecule has 6 heteroatoms. The summed E-state index contributed by atoms with van der Waals surface area (Å²) in [6, 6.07) is 13.3. The van der Waals surface area contributed by atoms with Crippen molar-refractivity contribution in [3.8, 4) is 0 Å². The van der Waals surface area contributed by atoms with Crippen molar-refractivity contribution >= 4 is 12.0 Å². The lowest BCUT2D eigenvalue weighted by atomic mass is 9.72. The Bertz CT molecular complexity index is 808. The minimum absolute atomic E-state index is 0.0192. The van der Waals surface area contributed by atoms with Gasteiger partial charge in [0.05, 0.1) is 6.04 Å². The Labute approximate surface area is 165 Å². The Morgan fingerprint density at radius 3 is 2.50 bits per heavy atom. The van der Waals surface area contributed by atoms with Crippen LogP contribution in [0.2, 0.25) is 0 Å². The number of carbonyl (C=O) groups is 2. The first-order valence-electron chi connectivity index (χ1n) is 9.59. The molecule has 2 atom stereocenters. The van der Waals surface area contributed by atoms with Crippen LogP contribution in [0, 0.1) is 5.41 Å². The molecule has 3 rings (SSSR count). The molecule has 1 aromatic heterocycles. The maximum Gasteiger partial charge on any atom is 0.318 e. The number of aliphatic carboxylic acids is 1. The molecule has 0 aliphatic carbocycles. The average Bonchev–Trinajstić information content (AvgIpc) is 2.66. The maximum atomic E-state index is 13.0. The molecule has 0 radical (unpaired) electrons. The normalized spacial score (nSPS) is 18.8. The summed E-state index contributed by atoms with van der Waals surface area (Å²) >= 11 is 0. The largest absolute Gasteiger partial charge is 0.481 e. The molecule has 28 heavy (non-hydrogen) atoms. The number of aromatic nitrogens is 1. The molecule has 2 unspecified atom stereocenters. The quantitative estimate of drug-likeness (QED) is 0.767. The van der Waals surface area contributed by atoms with E-state index in [-0.39, 0.29) is 30.0 Å². The number of nitrogens with zero attached hydrogens (tertiary/aromatic N) is 2. The Balaban J connectivity index is 1.70. The van der Waals surface area contributed by atoms with E-state index < -0.39 is 5.97 Å². The van der Waals surface area contributed by atoms with Gasteiger partial charge in [-0.2, -0.15) is 0 Å². The zero-order chi connectivity index (χ0) is 20.1. The van der Waals surface area contributed by atoms with Gasteiger partial charge in [0.1, 0.15) is 0 Å². The second kappa shape index (κ2) is 8.42. The molecule has 0 bridgehead atoms. The molecule has 0 spiro atoms. The van der Waals surface area contributed by atoms with Gasteiger partial charge in [0.25, 0.3) is 0 Å². The highest BCUT2D eigenvalue weighted by atomic mass is 16.4. The number of hydrogen-bond acceptors (Lipinski definition) is 3. The van der Waals surface area contributed by atoms with Gasteiger partial charge in [-0.3, -0.25) is 9.78 Å². The van der Waals surface area contributed by atoms with Crippen LogP contribution in [0.4, 0.5) is 4.79 Å². The Kier molecular flexibility index (Phi) is 5.97. The highest BCUT2D eigenvalue weighted by molar-refractivity contribution is 5.76. The molecule has 1 aromatic carbocycles. The van der Waals surface area contributed by atoms with E-state index in [4.69, 9.17) is 5.11 Å². The second-order valence-corrected chi connectivity index (χ2v) is 8.07. The van der Waals surface area contributed by atoms with E-state index in [0.29, 0.717) is 19.4 Å². The molecule has 1 saturated heterocycles. The third-order valence-electron chi connectivity index (χ3n) is 5.27. The van der Waals surface area contributed by atoms with Crippen LogP contribution < -0.4 is 5.32 Å². The smallest absolute Gasteiger partial charge is 0.318 e. The number of benzene rings is 1. The summed E-state index contributed by atoms with van der Waals surface area (Å²) in [5, 5.41) is 12.1. The van der Waals surface area contributed by atoms with E-state index in [1.165, 1.54) is 0 Å². The number of rotatable bonds is 7. The summed E-state index contributed by atoms with van der Waals surface area (Å²) in [6.45, 7) is 4.95. The lowest BCUT2D eigenvalue weighted by molar-refractivity contribution is -0.137. The number of likely N-dealkylation sites (tertiary alicyclic amines) is 1. The molecular weight excluding hydrogens is 354 g/mol. The van der Waals surface area contributed by atoms with Gasteiger partial charge in [0, 0.05) is 36.8 Å². The SMILES string of the molecule is CC1(C)CN(C(=O)NC(CCC(=O)O)Cc2ccccc2)C1c1ccncc1. The predicted molar refractivity (Wildman–Crippen MR) is 107 cm³/mol. The summed E-state index contributed by atoms with van der Waals surface area (Å²) in [5.41, 5.74) is 2.12. The van der Waals surface area contributed by atoms with E-state index >= 15 is 0 Å². The summed E-state index contributed by atoms with van der Waals surface area (Å²) in [7, 11) is 0. The van der Waals surface area contributed by atoms with Crippen LogP contribution in [-0.2, 0) is 11.2 Å². The standard InChI is InChI=1S/C22H27N3O3/c1-22(2)15-25(20(22)17-10-12-23-13-11-17)21(28)24-18(8-9-19(26)27)14-16-6-4-3-5-7-16/h3-7,10-13,18,20H,8-9,14-15H2,1-2H3,(H,24,28)(H,26,27). The number of amides is 2. The molecule has 1 aliphatic rings. The van der Waals surface area contributed by atoms with Gasteiger partial charge >= 0.3 is 12.0 Å². The van der Waals surface area contributed by atoms with Crippen molar-refractivity contribution in [3.05, 3.63) is 66.0 Å². The number of hydrogen-bond donors (Lipinski definition) is 2. The van der Waals surface area contributed by atoms with Gasteiger partial charge in [-0.15, -0.1) is 0 Å². The highest BCUT2D eigenvalue weighted by Crippen LogP contribution is 2.48. The molecule has 2 N–H and O–H groups in total. The van der Waals surface area contributed by atoms with Crippen LogP contribution in [0.25, 0.3) is 0 Å². The number of urea groups is 1. The molecule has 6 nitrogen and oxygen atoms in total. The van der Waals surface area contributed by atoms with Gasteiger partial charge < -0.3 is 15.3 Å². The Morgan fingerprint density at radius 2 is 1.89 bits per heavy atom. The van der Waals surface area contributed by atoms with E-state index in [1.54, 1.807) is 12.4 Å². The topological polar surface area (TPSA) is 82.5 Å². The molecule has 2 heterocycles. The minimum atomic E-state index is -0.855. The van der Waals surface area contributed by atoms with Crippen LogP contribution in [0.15, 0.2) is 54.9 Å². The molecule has 2 aromatic rings. The van der Waals surface area contributed by atoms with Crippen molar-refractivity contribution in [1.29, 1.82) is 0 Å². The van der Waals surface area contributed by atoms with Crippen LogP contribution in [0.5, 0.6) is 0 Å². The zero-order valence-corrected chi connectivity index (χ0v) is 16.3. The summed E-state index contributed by atoms with van der Waals surface area (Å²) in [6.07, 6.45) is 4.51. The third kappa shape index (κ3) is 4.68. The molecular formula is C22H27N3O3. The zero-order valence-electron chi connectivity index (χ0n) is 16.3. The maximum absolute atomic E-state index is 13.0. The summed E-state index contributed by atoms with van der Waals surface area (Å²) in [5.74, 6) is -0.855. The average molecular weight is 381 g/mol. The molecule has 0 saturated carbocycles. The van der Waals surface area contributed by atoms with E-state index in [9.17, 15) is 9.59 Å². The number of nitrogens with one attached hydrogen (secondary N) is 1. The lowest BCUT2D eigenvalue weighted by Crippen LogP contribution is -2.61. The fraction of sp³-hybridized carbons (Fsp3) is 0.409. The van der Waals surface area contributed by atoms with Gasteiger partial charge in [-0.25, -0.2) is 4.79 Å². The van der Waals surface area contributed by atoms with Gasteiger partial charge in [-0.05, 0) is 36.1 Å². The van der Waals surface area contributed by atoms with E-state index in [1.807, 2.05) is 47.4 Å². The first-order valence-corrected chi connectivity index (χ1v) is 9.59. The highest BCUT2D eigenvalue weighted by Gasteiger charge is 2.49. The van der Waals surface area contributed by atoms with Gasteiger partial charge in [-0.1, -0.05) is 44.2 Å². The first kappa shape index (κ1) is 19.9. The van der Waals surface area contributed by atoms with Crippen molar-refractivity contribution in [2.24, 2.45) is 5.41 Å². The number of carboxylic acid groups (broad SMARTS) is 1. The van der Waals surface area contributed by atoms with Crippen LogP contribution >= 0.6 is 0 Å². The Hall–Kier alpha value is -2.89. The van der Waals surface area contributed by atoms with Crippen LogP contribution in [0.3, 0.4) is 0 Å². The lowest BCUT2D eigenvalue weighted by Gasteiger charge is -2.54. The van der Waals surface area contributed by atoms with E-state index in [2.05, 4.69) is 24.1 Å². The summed E-state index contributed by atoms with van der Waals surface area (Å²) in [4.78, 5) is 29.9. The molecule has 148 valence electrons.